The highest BCUT2D eigenvalue weighted by atomic mass is 16.6. The minimum Gasteiger partial charge on any atom is -0.474 e. The number of likely N-dealkylation sites (tertiary alicyclic amines) is 1. The van der Waals surface area contributed by atoms with Crippen molar-refractivity contribution < 1.29 is 14.3 Å². The summed E-state index contributed by atoms with van der Waals surface area (Å²) in [4.78, 5) is 17.8. The zero-order chi connectivity index (χ0) is 16.1. The number of hydrogen-bond donors (Lipinski definition) is 0. The van der Waals surface area contributed by atoms with Gasteiger partial charge in [0.1, 0.15) is 14.0 Å². The van der Waals surface area contributed by atoms with E-state index in [1.165, 1.54) is 0 Å². The van der Waals surface area contributed by atoms with E-state index in [4.69, 9.17) is 17.3 Å². The Balaban J connectivity index is 1.80. The van der Waals surface area contributed by atoms with E-state index in [-0.39, 0.29) is 18.3 Å². The Morgan fingerprint density at radius 1 is 1.32 bits per heavy atom. The zero-order valence-electron chi connectivity index (χ0n) is 13.5. The van der Waals surface area contributed by atoms with Crippen LogP contribution >= 0.6 is 0 Å². The van der Waals surface area contributed by atoms with E-state index < -0.39 is 0 Å². The fraction of sp³-hybridized carbons (Fsp3) is 0.625. The Kier molecular flexibility index (Phi) is 5.69. The van der Waals surface area contributed by atoms with Gasteiger partial charge in [-0.25, -0.2) is 9.78 Å². The predicted octanol–water partition coefficient (Wildman–Crippen LogP) is 1.90. The molecule has 0 aromatic carbocycles. The predicted molar refractivity (Wildman–Crippen MR) is 85.6 cm³/mol. The first-order valence-corrected chi connectivity index (χ1v) is 7.79. The van der Waals surface area contributed by atoms with Crippen molar-refractivity contribution in [1.82, 2.24) is 9.88 Å². The van der Waals surface area contributed by atoms with E-state index in [0.29, 0.717) is 30.4 Å². The first-order chi connectivity index (χ1) is 10.5. The topological polar surface area (TPSA) is 51.7 Å². The summed E-state index contributed by atoms with van der Waals surface area (Å²) in [5, 5.41) is 0. The SMILES string of the molecule is [B]c1ccc(OC(C)C2CCN(C(=O)OC(C)C)CC2)nc1. The minimum absolute atomic E-state index is 0.0550. The molecule has 0 saturated carbocycles. The lowest BCUT2D eigenvalue weighted by molar-refractivity contribution is 0.0486. The van der Waals surface area contributed by atoms with E-state index in [2.05, 4.69) is 4.98 Å². The number of rotatable bonds is 4. The Morgan fingerprint density at radius 3 is 2.55 bits per heavy atom. The maximum absolute atomic E-state index is 11.9. The van der Waals surface area contributed by atoms with Crippen LogP contribution in [0.15, 0.2) is 18.3 Å². The number of pyridine rings is 1. The minimum atomic E-state index is -0.220. The number of aromatic nitrogens is 1. The number of carbonyl (C=O) groups excluding carboxylic acids is 1. The Labute approximate surface area is 133 Å². The maximum atomic E-state index is 11.9. The van der Waals surface area contributed by atoms with Crippen LogP contribution in [0.3, 0.4) is 0 Å². The second kappa shape index (κ2) is 7.52. The highest BCUT2D eigenvalue weighted by Crippen LogP contribution is 2.24. The fourth-order valence-electron chi connectivity index (χ4n) is 2.58. The monoisotopic (exact) mass is 302 g/mol. The van der Waals surface area contributed by atoms with Crippen LogP contribution in [-0.4, -0.2) is 49.1 Å². The first-order valence-electron chi connectivity index (χ1n) is 7.79. The van der Waals surface area contributed by atoms with E-state index >= 15 is 0 Å². The molecule has 0 spiro atoms. The van der Waals surface area contributed by atoms with E-state index in [9.17, 15) is 4.79 Å². The quantitative estimate of drug-likeness (QED) is 0.797. The lowest BCUT2D eigenvalue weighted by Gasteiger charge is -2.34. The van der Waals surface area contributed by atoms with Crippen molar-refractivity contribution in [3.05, 3.63) is 18.3 Å². The summed E-state index contributed by atoms with van der Waals surface area (Å²) in [6, 6.07) is 3.56. The van der Waals surface area contributed by atoms with Crippen molar-refractivity contribution in [2.45, 2.75) is 45.8 Å². The molecule has 2 heterocycles. The van der Waals surface area contributed by atoms with Gasteiger partial charge >= 0.3 is 6.09 Å². The van der Waals surface area contributed by atoms with Gasteiger partial charge in [-0.2, -0.15) is 0 Å². The summed E-state index contributed by atoms with van der Waals surface area (Å²) >= 11 is 0. The molecule has 1 aliphatic rings. The average Bonchev–Trinajstić information content (AvgIpc) is 2.49. The van der Waals surface area contributed by atoms with Gasteiger partial charge in [0.2, 0.25) is 5.88 Å². The normalized spacial score (nSPS) is 17.4. The molecule has 5 nitrogen and oxygen atoms in total. The van der Waals surface area contributed by atoms with Gasteiger partial charge in [-0.3, -0.25) is 0 Å². The molecule has 0 N–H and O–H groups in total. The third-order valence-corrected chi connectivity index (χ3v) is 3.86. The lowest BCUT2D eigenvalue weighted by Crippen LogP contribution is -2.42. The van der Waals surface area contributed by atoms with Gasteiger partial charge in [0.05, 0.1) is 6.10 Å². The van der Waals surface area contributed by atoms with E-state index in [1.54, 1.807) is 23.2 Å². The molecule has 1 aliphatic heterocycles. The van der Waals surface area contributed by atoms with Crippen molar-refractivity contribution in [3.63, 3.8) is 0 Å². The van der Waals surface area contributed by atoms with Crippen LogP contribution in [0.4, 0.5) is 4.79 Å². The van der Waals surface area contributed by atoms with Crippen molar-refractivity contribution in [3.8, 4) is 5.88 Å². The van der Waals surface area contributed by atoms with Crippen molar-refractivity contribution in [2.24, 2.45) is 5.92 Å². The molecule has 1 saturated heterocycles. The third-order valence-electron chi connectivity index (χ3n) is 3.86. The standard InChI is InChI=1S/C16H23BN2O3/c1-11(2)21-16(20)19-8-6-13(7-9-19)12(3)22-15-5-4-14(17)10-18-15/h4-5,10-13H,6-9H2,1-3H3. The van der Waals surface area contributed by atoms with Gasteiger partial charge < -0.3 is 14.4 Å². The molecular formula is C16H23BN2O3. The fourth-order valence-corrected chi connectivity index (χ4v) is 2.58. The highest BCUT2D eigenvalue weighted by Gasteiger charge is 2.28. The number of amides is 1. The van der Waals surface area contributed by atoms with E-state index in [1.807, 2.05) is 20.8 Å². The van der Waals surface area contributed by atoms with Crippen LogP contribution < -0.4 is 10.2 Å². The molecule has 6 heteroatoms. The van der Waals surface area contributed by atoms with Crippen LogP contribution in [0.5, 0.6) is 5.88 Å². The second-order valence-electron chi connectivity index (χ2n) is 6.01. The zero-order valence-corrected chi connectivity index (χ0v) is 13.5. The van der Waals surface area contributed by atoms with Crippen LogP contribution in [0.25, 0.3) is 0 Å². The number of nitrogens with zero attached hydrogens (tertiary/aromatic N) is 2. The molecule has 1 fully saturated rings. The molecule has 1 aromatic heterocycles. The molecule has 1 atom stereocenters. The summed E-state index contributed by atoms with van der Waals surface area (Å²) in [6.07, 6.45) is 3.16. The van der Waals surface area contributed by atoms with Crippen molar-refractivity contribution >= 4 is 19.4 Å². The van der Waals surface area contributed by atoms with Gasteiger partial charge in [-0.05, 0) is 45.6 Å². The van der Waals surface area contributed by atoms with Gasteiger partial charge in [0, 0.05) is 19.3 Å². The molecule has 22 heavy (non-hydrogen) atoms. The summed E-state index contributed by atoms with van der Waals surface area (Å²) in [5.74, 6) is 0.991. The first kappa shape index (κ1) is 16.7. The third kappa shape index (κ3) is 4.65. The molecule has 1 amide bonds. The summed E-state index contributed by atoms with van der Waals surface area (Å²) < 4.78 is 11.1. The second-order valence-corrected chi connectivity index (χ2v) is 6.01. The van der Waals surface area contributed by atoms with Crippen LogP contribution in [0.2, 0.25) is 0 Å². The summed E-state index contributed by atoms with van der Waals surface area (Å²) in [7, 11) is 5.61. The Morgan fingerprint density at radius 2 is 2.00 bits per heavy atom. The maximum Gasteiger partial charge on any atom is 0.410 e. The van der Waals surface area contributed by atoms with Crippen LogP contribution in [-0.2, 0) is 4.74 Å². The van der Waals surface area contributed by atoms with Crippen LogP contribution in [0.1, 0.15) is 33.6 Å². The van der Waals surface area contributed by atoms with Gasteiger partial charge in [0.25, 0.3) is 0 Å². The summed E-state index contributed by atoms with van der Waals surface area (Å²) in [5.41, 5.74) is 0.622. The number of carbonyl (C=O) groups is 1. The molecule has 118 valence electrons. The molecule has 0 aliphatic carbocycles. The van der Waals surface area contributed by atoms with Crippen molar-refractivity contribution in [1.29, 1.82) is 0 Å². The number of piperidine rings is 1. The van der Waals surface area contributed by atoms with Crippen LogP contribution in [0, 0.1) is 5.92 Å². The Bertz CT molecular complexity index is 485. The van der Waals surface area contributed by atoms with Gasteiger partial charge in [0.15, 0.2) is 0 Å². The van der Waals surface area contributed by atoms with Crippen molar-refractivity contribution in [2.75, 3.05) is 13.1 Å². The van der Waals surface area contributed by atoms with Gasteiger partial charge in [-0.15, -0.1) is 0 Å². The molecule has 1 unspecified atom stereocenters. The highest BCUT2D eigenvalue weighted by molar-refractivity contribution is 6.32. The molecule has 0 bridgehead atoms. The number of hydrogen-bond acceptors (Lipinski definition) is 4. The molecule has 2 radical (unpaired) electrons. The lowest BCUT2D eigenvalue weighted by atomic mass is 9.92. The van der Waals surface area contributed by atoms with Gasteiger partial charge in [-0.1, -0.05) is 11.5 Å². The largest absolute Gasteiger partial charge is 0.474 e. The average molecular weight is 302 g/mol. The molecule has 1 aromatic rings. The Hall–Kier alpha value is -1.72. The van der Waals surface area contributed by atoms with E-state index in [0.717, 1.165) is 12.8 Å². The smallest absolute Gasteiger partial charge is 0.410 e. The summed E-state index contributed by atoms with van der Waals surface area (Å²) in [6.45, 7) is 7.18. The molecule has 2 rings (SSSR count). The number of ether oxygens (including phenoxy) is 2. The molecular weight excluding hydrogens is 279 g/mol.